The molecule has 7 heteroatoms. The van der Waals surface area contributed by atoms with Gasteiger partial charge in [-0.15, -0.1) is 0 Å². The molecule has 1 aromatic carbocycles. The van der Waals surface area contributed by atoms with Gasteiger partial charge in [0.25, 0.3) is 0 Å². The number of hydrogen-bond donors (Lipinski definition) is 2. The minimum absolute atomic E-state index is 0.286. The Bertz CT molecular complexity index is 1000. The van der Waals surface area contributed by atoms with Crippen molar-refractivity contribution < 1.29 is 0 Å². The standard InChI is InChI=1S/C23H33N7/c1-15(2)30-14-25-21-22(26-18-7-5-6-17(24)13-18)27-20(28-23(21)30)12-16-8-10-19(11-9-16)29(3)4/h5-7,13-16,19H,8-12,24H2,1-4H3,(H,26,27,28). The van der Waals surface area contributed by atoms with Crippen LogP contribution < -0.4 is 11.1 Å². The van der Waals surface area contributed by atoms with Crippen molar-refractivity contribution in [3.8, 4) is 0 Å². The van der Waals surface area contributed by atoms with E-state index in [4.69, 9.17) is 15.7 Å². The highest BCUT2D eigenvalue weighted by atomic mass is 15.2. The lowest BCUT2D eigenvalue weighted by atomic mass is 9.83. The van der Waals surface area contributed by atoms with Crippen LogP contribution in [0.15, 0.2) is 30.6 Å². The lowest BCUT2D eigenvalue weighted by Crippen LogP contribution is -2.32. The Hall–Kier alpha value is -2.67. The first-order chi connectivity index (χ1) is 14.4. The molecule has 2 heterocycles. The van der Waals surface area contributed by atoms with E-state index >= 15 is 0 Å². The fourth-order valence-electron chi connectivity index (χ4n) is 4.39. The summed E-state index contributed by atoms with van der Waals surface area (Å²) in [5.74, 6) is 2.28. The fourth-order valence-corrected chi connectivity index (χ4v) is 4.39. The van der Waals surface area contributed by atoms with E-state index in [0.717, 1.165) is 40.6 Å². The maximum absolute atomic E-state index is 5.96. The molecule has 30 heavy (non-hydrogen) atoms. The average Bonchev–Trinajstić information content (AvgIpc) is 3.13. The van der Waals surface area contributed by atoms with Gasteiger partial charge in [0.2, 0.25) is 0 Å². The number of anilines is 3. The first-order valence-corrected chi connectivity index (χ1v) is 10.9. The zero-order chi connectivity index (χ0) is 21.3. The van der Waals surface area contributed by atoms with Crippen molar-refractivity contribution in [1.82, 2.24) is 24.4 Å². The number of nitrogens with zero attached hydrogens (tertiary/aromatic N) is 5. The molecule has 4 rings (SSSR count). The number of nitrogens with one attached hydrogen (secondary N) is 1. The van der Waals surface area contributed by atoms with Crippen molar-refractivity contribution in [3.05, 3.63) is 36.4 Å². The van der Waals surface area contributed by atoms with Gasteiger partial charge < -0.3 is 20.5 Å². The molecule has 0 spiro atoms. The highest BCUT2D eigenvalue weighted by molar-refractivity contribution is 5.85. The van der Waals surface area contributed by atoms with E-state index in [-0.39, 0.29) is 6.04 Å². The van der Waals surface area contributed by atoms with E-state index in [9.17, 15) is 0 Å². The van der Waals surface area contributed by atoms with Gasteiger partial charge in [-0.3, -0.25) is 0 Å². The number of benzene rings is 1. The summed E-state index contributed by atoms with van der Waals surface area (Å²) in [7, 11) is 4.37. The normalized spacial score (nSPS) is 19.7. The second-order valence-electron chi connectivity index (χ2n) is 9.00. The number of nitrogen functional groups attached to an aromatic ring is 1. The quantitative estimate of drug-likeness (QED) is 0.589. The lowest BCUT2D eigenvalue weighted by molar-refractivity contribution is 0.192. The second-order valence-corrected chi connectivity index (χ2v) is 9.00. The molecule has 1 fully saturated rings. The molecular weight excluding hydrogens is 374 g/mol. The Labute approximate surface area is 178 Å². The fraction of sp³-hybridized carbons (Fsp3) is 0.522. The smallest absolute Gasteiger partial charge is 0.166 e. The van der Waals surface area contributed by atoms with Gasteiger partial charge in [0.1, 0.15) is 5.82 Å². The van der Waals surface area contributed by atoms with Crippen molar-refractivity contribution in [1.29, 1.82) is 0 Å². The number of fused-ring (bicyclic) bond motifs is 1. The van der Waals surface area contributed by atoms with Gasteiger partial charge in [0.15, 0.2) is 17.0 Å². The number of aromatic nitrogens is 4. The van der Waals surface area contributed by atoms with Gasteiger partial charge in [-0.1, -0.05) is 6.07 Å². The van der Waals surface area contributed by atoms with Gasteiger partial charge in [-0.05, 0) is 77.7 Å². The van der Waals surface area contributed by atoms with Crippen LogP contribution in [0.1, 0.15) is 51.4 Å². The monoisotopic (exact) mass is 407 g/mol. The molecule has 0 amide bonds. The molecule has 1 saturated carbocycles. The van der Waals surface area contributed by atoms with E-state index < -0.39 is 0 Å². The van der Waals surface area contributed by atoms with Gasteiger partial charge in [0, 0.05) is 29.9 Å². The molecule has 160 valence electrons. The van der Waals surface area contributed by atoms with E-state index in [1.54, 1.807) is 0 Å². The third-order valence-corrected chi connectivity index (χ3v) is 6.19. The largest absolute Gasteiger partial charge is 0.399 e. The van der Waals surface area contributed by atoms with Gasteiger partial charge in [-0.25, -0.2) is 15.0 Å². The SMILES string of the molecule is CC(C)n1cnc2c(Nc3cccc(N)c3)nc(CC3CCC(N(C)C)CC3)nc21. The third-order valence-electron chi connectivity index (χ3n) is 6.19. The molecule has 0 radical (unpaired) electrons. The summed E-state index contributed by atoms with van der Waals surface area (Å²) in [5, 5.41) is 3.43. The van der Waals surface area contributed by atoms with Crippen LogP contribution in [0, 0.1) is 5.92 Å². The van der Waals surface area contributed by atoms with Crippen LogP contribution in [0.2, 0.25) is 0 Å². The van der Waals surface area contributed by atoms with Gasteiger partial charge >= 0.3 is 0 Å². The molecule has 0 unspecified atom stereocenters. The topological polar surface area (TPSA) is 84.9 Å². The highest BCUT2D eigenvalue weighted by Gasteiger charge is 2.24. The minimum Gasteiger partial charge on any atom is -0.399 e. The van der Waals surface area contributed by atoms with Gasteiger partial charge in [0.05, 0.1) is 6.33 Å². The van der Waals surface area contributed by atoms with Crippen LogP contribution in [0.5, 0.6) is 0 Å². The molecular formula is C23H33N7. The average molecular weight is 408 g/mol. The zero-order valence-corrected chi connectivity index (χ0v) is 18.5. The third kappa shape index (κ3) is 4.41. The molecule has 3 N–H and O–H groups in total. The predicted octanol–water partition coefficient (Wildman–Crippen LogP) is 4.40. The van der Waals surface area contributed by atoms with E-state index in [1.165, 1.54) is 25.7 Å². The van der Waals surface area contributed by atoms with Crippen LogP contribution in [-0.2, 0) is 6.42 Å². The van der Waals surface area contributed by atoms with Crippen molar-refractivity contribution >= 4 is 28.4 Å². The maximum atomic E-state index is 5.96. The summed E-state index contributed by atoms with van der Waals surface area (Å²) in [5.41, 5.74) is 9.28. The Balaban J connectivity index is 1.63. The molecule has 0 atom stereocenters. The molecule has 0 bridgehead atoms. The number of imidazole rings is 1. The summed E-state index contributed by atoms with van der Waals surface area (Å²) < 4.78 is 2.12. The van der Waals surface area contributed by atoms with E-state index in [0.29, 0.717) is 12.0 Å². The first kappa shape index (κ1) is 20.6. The van der Waals surface area contributed by atoms with Crippen LogP contribution in [-0.4, -0.2) is 44.6 Å². The summed E-state index contributed by atoms with van der Waals surface area (Å²) in [6.45, 7) is 4.30. The lowest BCUT2D eigenvalue weighted by Gasteiger charge is -2.32. The minimum atomic E-state index is 0.286. The van der Waals surface area contributed by atoms with Crippen molar-refractivity contribution in [2.75, 3.05) is 25.1 Å². The first-order valence-electron chi connectivity index (χ1n) is 10.9. The molecule has 0 aliphatic heterocycles. The zero-order valence-electron chi connectivity index (χ0n) is 18.5. The predicted molar refractivity (Wildman–Crippen MR) is 123 cm³/mol. The molecule has 1 aliphatic carbocycles. The highest BCUT2D eigenvalue weighted by Crippen LogP contribution is 2.30. The van der Waals surface area contributed by atoms with Crippen LogP contribution in [0.25, 0.3) is 11.2 Å². The van der Waals surface area contributed by atoms with Crippen LogP contribution in [0.3, 0.4) is 0 Å². The molecule has 2 aromatic heterocycles. The van der Waals surface area contributed by atoms with Gasteiger partial charge in [-0.2, -0.15) is 0 Å². The molecule has 0 saturated heterocycles. The number of nitrogens with two attached hydrogens (primary N) is 1. The Morgan fingerprint density at radius 3 is 2.60 bits per heavy atom. The van der Waals surface area contributed by atoms with Crippen molar-refractivity contribution in [3.63, 3.8) is 0 Å². The molecule has 3 aromatic rings. The van der Waals surface area contributed by atoms with E-state index in [2.05, 4.69) is 47.7 Å². The summed E-state index contributed by atoms with van der Waals surface area (Å²) in [6.07, 6.45) is 7.72. The Morgan fingerprint density at radius 2 is 1.93 bits per heavy atom. The number of rotatable bonds is 6. The summed E-state index contributed by atoms with van der Waals surface area (Å²) >= 11 is 0. The number of hydrogen-bond acceptors (Lipinski definition) is 6. The molecule has 7 nitrogen and oxygen atoms in total. The molecule has 1 aliphatic rings. The van der Waals surface area contributed by atoms with Crippen molar-refractivity contribution in [2.24, 2.45) is 5.92 Å². The maximum Gasteiger partial charge on any atom is 0.166 e. The summed E-state index contributed by atoms with van der Waals surface area (Å²) in [4.78, 5) is 16.8. The van der Waals surface area contributed by atoms with Crippen LogP contribution in [0.4, 0.5) is 17.2 Å². The Morgan fingerprint density at radius 1 is 1.17 bits per heavy atom. The summed E-state index contributed by atoms with van der Waals surface area (Å²) in [6, 6.07) is 8.71. The second kappa shape index (κ2) is 8.60. The van der Waals surface area contributed by atoms with Crippen LogP contribution >= 0.6 is 0 Å². The van der Waals surface area contributed by atoms with Crippen molar-refractivity contribution in [2.45, 2.75) is 58.0 Å². The Kier molecular flexibility index (Phi) is 5.90. The van der Waals surface area contributed by atoms with E-state index in [1.807, 2.05) is 30.6 Å².